The number of rotatable bonds is 7. The molecule has 16 heteroatoms. The maximum atomic E-state index is 13.9. The number of likely N-dealkylation sites (tertiary alicyclic amines) is 1. The van der Waals surface area contributed by atoms with Crippen molar-refractivity contribution in [2.75, 3.05) is 37.0 Å². The number of amides is 2. The first kappa shape index (κ1) is 33.5. The Hall–Kier alpha value is -4.82. The van der Waals surface area contributed by atoms with Crippen molar-refractivity contribution < 1.29 is 44.3 Å². The molecule has 4 N–H and O–H groups in total. The van der Waals surface area contributed by atoms with E-state index in [-0.39, 0.29) is 35.7 Å². The fourth-order valence-electron chi connectivity index (χ4n) is 6.02. The van der Waals surface area contributed by atoms with E-state index in [0.29, 0.717) is 29.9 Å². The van der Waals surface area contributed by atoms with E-state index in [1.54, 1.807) is 36.2 Å². The molecule has 2 fully saturated rings. The van der Waals surface area contributed by atoms with Crippen molar-refractivity contribution in [2.24, 2.45) is 5.92 Å². The van der Waals surface area contributed by atoms with Crippen molar-refractivity contribution in [1.29, 1.82) is 5.26 Å². The van der Waals surface area contributed by atoms with Gasteiger partial charge in [0, 0.05) is 33.4 Å². The molecule has 2 aliphatic rings. The molecule has 2 aromatic heterocycles. The fraction of sp³-hybridized carbons (Fsp3) is 0.484. The van der Waals surface area contributed by atoms with Gasteiger partial charge in [0.2, 0.25) is 12.2 Å². The van der Waals surface area contributed by atoms with Gasteiger partial charge in [0.15, 0.2) is 11.8 Å². The van der Waals surface area contributed by atoms with Crippen molar-refractivity contribution in [3.63, 3.8) is 0 Å². The van der Waals surface area contributed by atoms with Crippen molar-refractivity contribution >= 4 is 40.4 Å². The van der Waals surface area contributed by atoms with Gasteiger partial charge >= 0.3 is 12.0 Å². The van der Waals surface area contributed by atoms with Crippen LogP contribution in [-0.4, -0.2) is 122 Å². The van der Waals surface area contributed by atoms with E-state index in [0.717, 1.165) is 12.0 Å². The Labute approximate surface area is 270 Å². The first-order chi connectivity index (χ1) is 22.3. The normalized spacial score (nSPS) is 26.0. The van der Waals surface area contributed by atoms with Gasteiger partial charge < -0.3 is 39.7 Å². The second kappa shape index (κ2) is 13.5. The molecule has 2 amide bonds. The summed E-state index contributed by atoms with van der Waals surface area (Å²) in [5, 5.41) is 49.7. The quantitative estimate of drug-likeness (QED) is 0.277. The molecule has 0 aliphatic carbocycles. The number of aryl methyl sites for hydroxylation is 1. The molecule has 16 nitrogen and oxygen atoms in total. The van der Waals surface area contributed by atoms with Gasteiger partial charge in [0.25, 0.3) is 0 Å². The Kier molecular flexibility index (Phi) is 9.63. The van der Waals surface area contributed by atoms with Crippen LogP contribution >= 0.6 is 0 Å². The molecule has 0 radical (unpaired) electrons. The molecule has 1 aromatic carbocycles. The number of piperidine rings is 1. The Morgan fingerprint density at radius 3 is 2.57 bits per heavy atom. The molecule has 3 aromatic rings. The van der Waals surface area contributed by atoms with E-state index in [1.807, 2.05) is 18.0 Å². The van der Waals surface area contributed by atoms with Gasteiger partial charge in [-0.3, -0.25) is 14.3 Å². The molecule has 250 valence electrons. The van der Waals surface area contributed by atoms with Crippen LogP contribution in [-0.2, 0) is 14.3 Å². The number of anilines is 2. The smallest absolute Gasteiger partial charge is 0.335 e. The van der Waals surface area contributed by atoms with Crippen LogP contribution in [0.15, 0.2) is 36.8 Å². The zero-order valence-corrected chi connectivity index (χ0v) is 26.3. The Morgan fingerprint density at radius 2 is 1.87 bits per heavy atom. The molecular formula is C31H37N7O9. The minimum absolute atomic E-state index is 0.0384. The number of aliphatic carboxylic acids is 1. The highest BCUT2D eigenvalue weighted by Crippen LogP contribution is 2.34. The Balaban J connectivity index is 1.42. The van der Waals surface area contributed by atoms with Gasteiger partial charge in [-0.2, -0.15) is 5.26 Å². The Morgan fingerprint density at radius 1 is 1.13 bits per heavy atom. The molecule has 0 bridgehead atoms. The molecule has 0 saturated carbocycles. The van der Waals surface area contributed by atoms with E-state index in [4.69, 9.17) is 14.7 Å². The molecular weight excluding hydrogens is 614 g/mol. The summed E-state index contributed by atoms with van der Waals surface area (Å²) >= 11 is 0. The van der Waals surface area contributed by atoms with Crippen LogP contribution in [0.2, 0.25) is 0 Å². The largest absolute Gasteiger partial charge is 0.479 e. The summed E-state index contributed by atoms with van der Waals surface area (Å²) in [5.74, 6) is -0.955. The van der Waals surface area contributed by atoms with Crippen molar-refractivity contribution in [2.45, 2.75) is 63.4 Å². The van der Waals surface area contributed by atoms with Gasteiger partial charge in [-0.15, -0.1) is 0 Å². The summed E-state index contributed by atoms with van der Waals surface area (Å²) in [6.07, 6.45) is -5.59. The molecule has 2 aliphatic heterocycles. The van der Waals surface area contributed by atoms with Gasteiger partial charge in [-0.25, -0.2) is 19.6 Å². The monoisotopic (exact) mass is 651 g/mol. The number of likely N-dealkylation sites (N-methyl/N-ethyl adjacent to an activating group) is 1. The summed E-state index contributed by atoms with van der Waals surface area (Å²) in [7, 11) is 3.37. The number of benzene rings is 1. The minimum atomic E-state index is -1.89. The van der Waals surface area contributed by atoms with Gasteiger partial charge in [-0.05, 0) is 43.0 Å². The number of nitriles is 1. The number of hydrogen-bond acceptors (Lipinski definition) is 12. The number of nitrogens with zero attached hydrogens (tertiary/aromatic N) is 7. The molecule has 5 rings (SSSR count). The predicted molar refractivity (Wildman–Crippen MR) is 166 cm³/mol. The number of aliphatic hydroxyl groups is 3. The summed E-state index contributed by atoms with van der Waals surface area (Å²) in [6, 6.07) is 7.83. The highest BCUT2D eigenvalue weighted by atomic mass is 16.7. The third kappa shape index (κ3) is 6.43. The number of ether oxygens (including phenoxy) is 2. The lowest BCUT2D eigenvalue weighted by atomic mass is 9.92. The first-order valence-corrected chi connectivity index (χ1v) is 15.0. The maximum absolute atomic E-state index is 13.9. The first-order valence-electron chi connectivity index (χ1n) is 15.0. The molecule has 1 unspecified atom stereocenters. The van der Waals surface area contributed by atoms with Crippen LogP contribution in [0.3, 0.4) is 0 Å². The lowest BCUT2D eigenvalue weighted by Gasteiger charge is -2.42. The highest BCUT2D eigenvalue weighted by Gasteiger charge is 2.48. The lowest BCUT2D eigenvalue weighted by Crippen LogP contribution is -2.61. The average molecular weight is 652 g/mol. The van der Waals surface area contributed by atoms with Gasteiger partial charge in [0.05, 0.1) is 23.2 Å². The van der Waals surface area contributed by atoms with E-state index in [9.17, 15) is 34.8 Å². The molecule has 4 heterocycles. The lowest BCUT2D eigenvalue weighted by molar-refractivity contribution is -0.271. The van der Waals surface area contributed by atoms with Crippen LogP contribution in [0, 0.1) is 24.2 Å². The van der Waals surface area contributed by atoms with E-state index in [1.165, 1.54) is 28.9 Å². The third-order valence-electron chi connectivity index (χ3n) is 8.82. The van der Waals surface area contributed by atoms with Crippen LogP contribution in [0.1, 0.15) is 25.3 Å². The van der Waals surface area contributed by atoms with Gasteiger partial charge in [0.1, 0.15) is 42.6 Å². The summed E-state index contributed by atoms with van der Waals surface area (Å²) in [4.78, 5) is 51.8. The topological polar surface area (TPSA) is 215 Å². The van der Waals surface area contributed by atoms with E-state index >= 15 is 0 Å². The molecule has 7 atom stereocenters. The maximum Gasteiger partial charge on any atom is 0.335 e. The number of carbonyl (C=O) groups excluding carboxylic acids is 2. The zero-order chi connectivity index (χ0) is 34.2. The molecule has 47 heavy (non-hydrogen) atoms. The summed E-state index contributed by atoms with van der Waals surface area (Å²) in [5.41, 5.74) is 1.32. The zero-order valence-electron chi connectivity index (χ0n) is 26.3. The number of fused-ring (bicyclic) bond motifs is 1. The van der Waals surface area contributed by atoms with Crippen LogP contribution in [0.4, 0.5) is 16.3 Å². The number of carbonyl (C=O) groups is 3. The number of aliphatic hydroxyl groups excluding tert-OH is 3. The summed E-state index contributed by atoms with van der Waals surface area (Å²) < 4.78 is 12.4. The molecule has 2 saturated heterocycles. The predicted octanol–water partition coefficient (Wildman–Crippen LogP) is 0.702. The Bertz CT molecular complexity index is 1710. The van der Waals surface area contributed by atoms with Gasteiger partial charge in [-0.1, -0.05) is 13.0 Å². The van der Waals surface area contributed by atoms with E-state index < -0.39 is 42.7 Å². The third-order valence-corrected chi connectivity index (χ3v) is 8.82. The van der Waals surface area contributed by atoms with E-state index in [2.05, 4.69) is 16.9 Å². The highest BCUT2D eigenvalue weighted by molar-refractivity contribution is 6.01. The number of carboxylic acid groups (broad SMARTS) is 1. The standard InChI is InChI=1S/C31H37N7O9/c1-16-5-6-21(46-30-25(42)23(40)24(41)26(47-30)29(43)44)19(13-16)36(4)31(45)38-12-9-18-27(33-15-34-28(18)38)35(3)20-14-37(11-8-17(20)2)22(39)7-10-32/h5-6,9,12-13,15,17,20,23-26,30,40-42H,7-8,11,14H2,1-4H3,(H,43,44)/t17-,20?,23+,24+,25-,26+,30-/m1/s1. The van der Waals surface area contributed by atoms with Crippen LogP contribution < -0.4 is 14.5 Å². The second-order valence-electron chi connectivity index (χ2n) is 11.9. The number of aromatic nitrogens is 3. The molecule has 0 spiro atoms. The SMILES string of the molecule is Cc1ccc(O[C@@H]2O[C@H](C(=O)O)[C@@H](O)[C@H](O)[C@H]2O)c(N(C)C(=O)n2ccc3c(N(C)C4CN(C(=O)CC#N)CC[C@H]4C)ncnc32)c1. The van der Waals surface area contributed by atoms with Crippen LogP contribution in [0.5, 0.6) is 5.75 Å². The number of carboxylic acids is 1. The van der Waals surface area contributed by atoms with Crippen molar-refractivity contribution in [3.8, 4) is 11.8 Å². The van der Waals surface area contributed by atoms with Crippen molar-refractivity contribution in [3.05, 3.63) is 42.4 Å². The average Bonchev–Trinajstić information content (AvgIpc) is 3.49. The second-order valence-corrected chi connectivity index (χ2v) is 11.9. The minimum Gasteiger partial charge on any atom is -0.479 e. The fourth-order valence-corrected chi connectivity index (χ4v) is 6.02. The van der Waals surface area contributed by atoms with Crippen molar-refractivity contribution in [1.82, 2.24) is 19.4 Å². The summed E-state index contributed by atoms with van der Waals surface area (Å²) in [6.45, 7) is 4.88. The number of hydrogen-bond donors (Lipinski definition) is 4. The van der Waals surface area contributed by atoms with Crippen LogP contribution in [0.25, 0.3) is 11.0 Å².